The van der Waals surface area contributed by atoms with Crippen molar-refractivity contribution in [3.05, 3.63) is 34.8 Å². The Morgan fingerprint density at radius 2 is 1.82 bits per heavy atom. The van der Waals surface area contributed by atoms with E-state index in [0.29, 0.717) is 12.1 Å². The summed E-state index contributed by atoms with van der Waals surface area (Å²) in [5, 5.41) is 12.4. The fraction of sp³-hybridized carbons (Fsp3) is 0.500. The Morgan fingerprint density at radius 3 is 2.54 bits per heavy atom. The third-order valence-corrected chi connectivity index (χ3v) is 6.19. The molecule has 1 aliphatic rings. The molecule has 4 rings (SSSR count). The molecule has 3 aromatic rings. The fourth-order valence-electron chi connectivity index (χ4n) is 3.74. The van der Waals surface area contributed by atoms with Crippen molar-refractivity contribution in [3.63, 3.8) is 0 Å². The highest BCUT2D eigenvalue weighted by atomic mass is 32.1. The molecule has 7 nitrogen and oxygen atoms in total. The van der Waals surface area contributed by atoms with Crippen LogP contribution in [0.5, 0.6) is 0 Å². The van der Waals surface area contributed by atoms with Crippen molar-refractivity contribution in [1.82, 2.24) is 24.9 Å². The first-order valence-electron chi connectivity index (χ1n) is 9.82. The van der Waals surface area contributed by atoms with Crippen LogP contribution in [0.15, 0.2) is 24.3 Å². The first-order valence-corrected chi connectivity index (χ1v) is 10.6. The van der Waals surface area contributed by atoms with Gasteiger partial charge in [0.25, 0.3) is 0 Å². The molecule has 1 fully saturated rings. The second-order valence-electron chi connectivity index (χ2n) is 7.64. The molecule has 148 valence electrons. The summed E-state index contributed by atoms with van der Waals surface area (Å²) in [6.45, 7) is 2.89. The highest BCUT2D eigenvalue weighted by molar-refractivity contribution is 7.05. The van der Waals surface area contributed by atoms with Crippen LogP contribution in [-0.4, -0.2) is 45.7 Å². The number of hydrogen-bond acceptors (Lipinski definition) is 8. The molecule has 0 saturated heterocycles. The number of hydrogen-bond donors (Lipinski definition) is 2. The maximum atomic E-state index is 4.77. The van der Waals surface area contributed by atoms with Crippen LogP contribution in [0.25, 0.3) is 10.9 Å². The summed E-state index contributed by atoms with van der Waals surface area (Å²) in [6.07, 6.45) is 4.53. The van der Waals surface area contributed by atoms with E-state index >= 15 is 0 Å². The molecule has 8 heteroatoms. The van der Waals surface area contributed by atoms with Gasteiger partial charge in [-0.1, -0.05) is 16.6 Å². The van der Waals surface area contributed by atoms with Crippen LogP contribution in [0.3, 0.4) is 0 Å². The maximum Gasteiger partial charge on any atom is 0.225 e. The zero-order chi connectivity index (χ0) is 19.5. The Balaban J connectivity index is 1.36. The Morgan fingerprint density at radius 1 is 1.07 bits per heavy atom. The van der Waals surface area contributed by atoms with E-state index in [2.05, 4.69) is 26.3 Å². The molecule has 2 aromatic heterocycles. The molecule has 2 N–H and O–H groups in total. The summed E-state index contributed by atoms with van der Waals surface area (Å²) in [4.78, 5) is 12.8. The second-order valence-corrected chi connectivity index (χ2v) is 8.48. The van der Waals surface area contributed by atoms with Gasteiger partial charge in [0.2, 0.25) is 5.95 Å². The monoisotopic (exact) mass is 397 g/mol. The number of anilines is 2. The highest BCUT2D eigenvalue weighted by Crippen LogP contribution is 2.26. The van der Waals surface area contributed by atoms with E-state index in [1.807, 2.05) is 44.1 Å². The predicted molar refractivity (Wildman–Crippen MR) is 115 cm³/mol. The summed E-state index contributed by atoms with van der Waals surface area (Å²) in [5.74, 6) is 1.68. The minimum absolute atomic E-state index is 0.418. The quantitative estimate of drug-likeness (QED) is 0.660. The molecule has 1 saturated carbocycles. The van der Waals surface area contributed by atoms with E-state index in [1.54, 1.807) is 0 Å². The number of nitrogens with one attached hydrogen (secondary N) is 2. The minimum atomic E-state index is 0.418. The van der Waals surface area contributed by atoms with Crippen LogP contribution < -0.4 is 15.5 Å². The number of aromatic nitrogens is 4. The van der Waals surface area contributed by atoms with Crippen molar-refractivity contribution in [2.24, 2.45) is 0 Å². The first kappa shape index (κ1) is 19.0. The van der Waals surface area contributed by atoms with Gasteiger partial charge in [0.1, 0.15) is 5.82 Å². The summed E-state index contributed by atoms with van der Waals surface area (Å²) in [5.41, 5.74) is 2.02. The molecule has 0 atom stereocenters. The third-order valence-electron chi connectivity index (χ3n) is 5.36. The van der Waals surface area contributed by atoms with E-state index in [0.717, 1.165) is 60.6 Å². The maximum absolute atomic E-state index is 4.77. The zero-order valence-electron chi connectivity index (χ0n) is 16.6. The summed E-state index contributed by atoms with van der Waals surface area (Å²) in [6, 6.07) is 9.15. The lowest BCUT2D eigenvalue weighted by molar-refractivity contribution is 0.353. The lowest BCUT2D eigenvalue weighted by Gasteiger charge is -2.30. The SMILES string of the molecule is Cc1nnsc1CNC1CCC(Nc2nc(N(C)C)c3ccccc3n2)CC1. The van der Waals surface area contributed by atoms with Crippen molar-refractivity contribution < 1.29 is 0 Å². The van der Waals surface area contributed by atoms with E-state index in [9.17, 15) is 0 Å². The van der Waals surface area contributed by atoms with E-state index in [-0.39, 0.29) is 0 Å². The van der Waals surface area contributed by atoms with Crippen LogP contribution in [0.1, 0.15) is 36.3 Å². The van der Waals surface area contributed by atoms with Crippen molar-refractivity contribution in [1.29, 1.82) is 0 Å². The van der Waals surface area contributed by atoms with Crippen LogP contribution >= 0.6 is 11.5 Å². The van der Waals surface area contributed by atoms with Gasteiger partial charge < -0.3 is 15.5 Å². The number of para-hydroxylation sites is 1. The lowest BCUT2D eigenvalue weighted by Crippen LogP contribution is -2.36. The van der Waals surface area contributed by atoms with E-state index in [1.165, 1.54) is 16.4 Å². The molecular formula is C20H27N7S. The standard InChI is InChI=1S/C20H27N7S/c1-13-18(28-26-25-13)12-21-14-8-10-15(11-9-14)22-20-23-17-7-5-4-6-16(17)19(24-20)27(2)3/h4-7,14-15,21H,8-12H2,1-3H3,(H,22,23,24). The van der Waals surface area contributed by atoms with Gasteiger partial charge in [-0.15, -0.1) is 5.10 Å². The largest absolute Gasteiger partial charge is 0.362 e. The lowest BCUT2D eigenvalue weighted by atomic mass is 9.91. The molecule has 0 bridgehead atoms. The Labute approximate surface area is 169 Å². The van der Waals surface area contributed by atoms with Crippen LogP contribution in [0.4, 0.5) is 11.8 Å². The van der Waals surface area contributed by atoms with Gasteiger partial charge >= 0.3 is 0 Å². The van der Waals surface area contributed by atoms with E-state index < -0.39 is 0 Å². The van der Waals surface area contributed by atoms with E-state index in [4.69, 9.17) is 9.97 Å². The van der Waals surface area contributed by atoms with Crippen LogP contribution in [0.2, 0.25) is 0 Å². The average molecular weight is 398 g/mol. The third kappa shape index (κ3) is 4.23. The van der Waals surface area contributed by atoms with Gasteiger partial charge in [0, 0.05) is 38.1 Å². The number of fused-ring (bicyclic) bond motifs is 1. The van der Waals surface area contributed by atoms with Crippen molar-refractivity contribution in [2.75, 3.05) is 24.3 Å². The zero-order valence-corrected chi connectivity index (χ0v) is 17.5. The normalized spacial score (nSPS) is 19.7. The predicted octanol–water partition coefficient (Wildman–Crippen LogP) is 3.37. The molecule has 0 unspecified atom stereocenters. The second kappa shape index (κ2) is 8.36. The van der Waals surface area contributed by atoms with Gasteiger partial charge in [0.15, 0.2) is 0 Å². The van der Waals surface area contributed by atoms with Gasteiger partial charge in [-0.05, 0) is 56.3 Å². The Bertz CT molecular complexity index is 931. The molecule has 2 heterocycles. The summed E-state index contributed by atoms with van der Waals surface area (Å²) >= 11 is 1.49. The Hall–Kier alpha value is -2.32. The van der Waals surface area contributed by atoms with Crippen LogP contribution in [0, 0.1) is 6.92 Å². The number of rotatable bonds is 6. The summed E-state index contributed by atoms with van der Waals surface area (Å²) < 4.78 is 4.01. The number of aryl methyl sites for hydroxylation is 1. The van der Waals surface area contributed by atoms with Crippen molar-refractivity contribution >= 4 is 34.2 Å². The molecule has 1 aromatic carbocycles. The molecule has 0 aliphatic heterocycles. The molecule has 0 radical (unpaired) electrons. The summed E-state index contributed by atoms with van der Waals surface area (Å²) in [7, 11) is 4.05. The topological polar surface area (TPSA) is 78.9 Å². The van der Waals surface area contributed by atoms with Crippen molar-refractivity contribution in [3.8, 4) is 0 Å². The highest BCUT2D eigenvalue weighted by Gasteiger charge is 2.22. The van der Waals surface area contributed by atoms with Crippen LogP contribution in [-0.2, 0) is 6.54 Å². The number of benzene rings is 1. The average Bonchev–Trinajstić information content (AvgIpc) is 3.11. The van der Waals surface area contributed by atoms with Gasteiger partial charge in [-0.2, -0.15) is 4.98 Å². The fourth-order valence-corrected chi connectivity index (χ4v) is 4.32. The first-order chi connectivity index (χ1) is 13.6. The van der Waals surface area contributed by atoms with Gasteiger partial charge in [-0.25, -0.2) is 4.98 Å². The smallest absolute Gasteiger partial charge is 0.225 e. The van der Waals surface area contributed by atoms with Gasteiger partial charge in [0.05, 0.1) is 16.1 Å². The van der Waals surface area contributed by atoms with Gasteiger partial charge in [-0.3, -0.25) is 0 Å². The number of nitrogens with zero attached hydrogens (tertiary/aromatic N) is 5. The van der Waals surface area contributed by atoms with Crippen molar-refractivity contribution in [2.45, 2.75) is 51.2 Å². The molecule has 28 heavy (non-hydrogen) atoms. The minimum Gasteiger partial charge on any atom is -0.362 e. The Kier molecular flexibility index (Phi) is 5.68. The molecule has 1 aliphatic carbocycles. The molecule has 0 amide bonds. The molecule has 0 spiro atoms. The molecular weight excluding hydrogens is 370 g/mol.